The minimum Gasteiger partial charge on any atom is -0.493 e. The SMILES string of the molecule is COc1ccc2nc(=O)[nH]c(C)c2c1OC.Cl. The lowest BCUT2D eigenvalue weighted by atomic mass is 10.1. The summed E-state index contributed by atoms with van der Waals surface area (Å²) in [7, 11) is 3.12. The predicted molar refractivity (Wildman–Crippen MR) is 67.5 cm³/mol. The molecule has 1 aromatic carbocycles. The molecule has 17 heavy (non-hydrogen) atoms. The van der Waals surface area contributed by atoms with Crippen LogP contribution in [0.25, 0.3) is 10.9 Å². The van der Waals surface area contributed by atoms with Crippen molar-refractivity contribution in [1.82, 2.24) is 9.97 Å². The first-order chi connectivity index (χ1) is 7.67. The third-order valence-corrected chi connectivity index (χ3v) is 2.42. The van der Waals surface area contributed by atoms with Crippen molar-refractivity contribution in [2.75, 3.05) is 14.2 Å². The summed E-state index contributed by atoms with van der Waals surface area (Å²) in [5.41, 5.74) is 0.946. The standard InChI is InChI=1S/C11H12N2O3.ClH/c1-6-9-7(13-11(14)12-6)4-5-8(15-2)10(9)16-3;/h4-5H,1-3H3,(H,12,13,14);1H. The molecular formula is C11H13ClN2O3. The maximum Gasteiger partial charge on any atom is 0.345 e. The Balaban J connectivity index is 0.00000144. The van der Waals surface area contributed by atoms with Crippen molar-refractivity contribution in [3.8, 4) is 11.5 Å². The Bertz CT molecular complexity index is 595. The molecule has 1 N–H and O–H groups in total. The summed E-state index contributed by atoms with van der Waals surface area (Å²) < 4.78 is 10.5. The van der Waals surface area contributed by atoms with E-state index in [9.17, 15) is 4.79 Å². The highest BCUT2D eigenvalue weighted by Crippen LogP contribution is 2.35. The van der Waals surface area contributed by atoms with Gasteiger partial charge in [0.1, 0.15) is 0 Å². The van der Waals surface area contributed by atoms with Gasteiger partial charge in [-0.2, -0.15) is 4.98 Å². The zero-order chi connectivity index (χ0) is 11.7. The van der Waals surface area contributed by atoms with Gasteiger partial charge in [-0.25, -0.2) is 4.79 Å². The van der Waals surface area contributed by atoms with Crippen LogP contribution in [0.5, 0.6) is 11.5 Å². The van der Waals surface area contributed by atoms with E-state index in [1.165, 1.54) is 0 Å². The second-order valence-electron chi connectivity index (χ2n) is 3.36. The lowest BCUT2D eigenvalue weighted by Crippen LogP contribution is -2.12. The Hall–Kier alpha value is -1.75. The maximum atomic E-state index is 11.2. The van der Waals surface area contributed by atoms with Gasteiger partial charge < -0.3 is 14.5 Å². The minimum atomic E-state index is -0.364. The van der Waals surface area contributed by atoms with Crippen molar-refractivity contribution in [3.05, 3.63) is 28.3 Å². The van der Waals surface area contributed by atoms with Crippen molar-refractivity contribution in [2.45, 2.75) is 6.92 Å². The number of methoxy groups -OCH3 is 2. The van der Waals surface area contributed by atoms with Crippen molar-refractivity contribution in [3.63, 3.8) is 0 Å². The van der Waals surface area contributed by atoms with Gasteiger partial charge in [0.15, 0.2) is 11.5 Å². The van der Waals surface area contributed by atoms with E-state index in [1.54, 1.807) is 33.3 Å². The van der Waals surface area contributed by atoms with Crippen LogP contribution in [0.15, 0.2) is 16.9 Å². The highest BCUT2D eigenvalue weighted by molar-refractivity contribution is 5.89. The Kier molecular flexibility index (Phi) is 3.96. The van der Waals surface area contributed by atoms with Crippen molar-refractivity contribution < 1.29 is 9.47 Å². The Morgan fingerprint density at radius 3 is 2.53 bits per heavy atom. The number of hydrogen-bond donors (Lipinski definition) is 1. The van der Waals surface area contributed by atoms with E-state index in [2.05, 4.69) is 9.97 Å². The molecule has 0 saturated heterocycles. The first-order valence-corrected chi connectivity index (χ1v) is 4.79. The molecule has 0 unspecified atom stereocenters. The predicted octanol–water partition coefficient (Wildman–Crippen LogP) is 1.67. The molecule has 0 amide bonds. The number of fused-ring (bicyclic) bond motifs is 1. The molecule has 0 saturated carbocycles. The summed E-state index contributed by atoms with van der Waals surface area (Å²) in [6.45, 7) is 1.80. The number of hydrogen-bond acceptors (Lipinski definition) is 4. The maximum absolute atomic E-state index is 11.2. The minimum absolute atomic E-state index is 0. The van der Waals surface area contributed by atoms with Crippen molar-refractivity contribution >= 4 is 23.3 Å². The van der Waals surface area contributed by atoms with Gasteiger partial charge in [0, 0.05) is 5.69 Å². The van der Waals surface area contributed by atoms with Gasteiger partial charge in [-0.3, -0.25) is 0 Å². The van der Waals surface area contributed by atoms with Gasteiger partial charge in [0.05, 0.1) is 25.1 Å². The first-order valence-electron chi connectivity index (χ1n) is 4.79. The van der Waals surface area contributed by atoms with Gasteiger partial charge in [-0.15, -0.1) is 12.4 Å². The van der Waals surface area contributed by atoms with Crippen LogP contribution in [0.1, 0.15) is 5.69 Å². The van der Waals surface area contributed by atoms with E-state index >= 15 is 0 Å². The number of rotatable bonds is 2. The Labute approximate surface area is 104 Å². The number of aryl methyl sites for hydroxylation is 1. The Morgan fingerprint density at radius 2 is 1.94 bits per heavy atom. The van der Waals surface area contributed by atoms with Gasteiger partial charge >= 0.3 is 5.69 Å². The molecule has 0 spiro atoms. The van der Waals surface area contributed by atoms with E-state index < -0.39 is 0 Å². The molecule has 0 radical (unpaired) electrons. The molecule has 0 bridgehead atoms. The average Bonchev–Trinajstić information content (AvgIpc) is 2.27. The topological polar surface area (TPSA) is 64.2 Å². The van der Waals surface area contributed by atoms with Crippen molar-refractivity contribution in [2.24, 2.45) is 0 Å². The largest absolute Gasteiger partial charge is 0.493 e. The number of aromatic nitrogens is 2. The molecule has 2 rings (SSSR count). The fraction of sp³-hybridized carbons (Fsp3) is 0.273. The van der Waals surface area contributed by atoms with Gasteiger partial charge in [0.25, 0.3) is 0 Å². The van der Waals surface area contributed by atoms with Crippen molar-refractivity contribution in [1.29, 1.82) is 0 Å². The quantitative estimate of drug-likeness (QED) is 0.888. The third-order valence-electron chi connectivity index (χ3n) is 2.42. The average molecular weight is 257 g/mol. The highest BCUT2D eigenvalue weighted by atomic mass is 35.5. The summed E-state index contributed by atoms with van der Waals surface area (Å²) in [5.74, 6) is 1.20. The second kappa shape index (κ2) is 5.05. The molecule has 1 aromatic heterocycles. The summed E-state index contributed by atoms with van der Waals surface area (Å²) in [5, 5.41) is 0.765. The molecule has 5 nitrogen and oxygen atoms in total. The fourth-order valence-electron chi connectivity index (χ4n) is 1.73. The number of nitrogens with one attached hydrogen (secondary N) is 1. The second-order valence-corrected chi connectivity index (χ2v) is 3.36. The molecular weight excluding hydrogens is 244 g/mol. The highest BCUT2D eigenvalue weighted by Gasteiger charge is 2.12. The van der Waals surface area contributed by atoms with Crippen LogP contribution in [-0.2, 0) is 0 Å². The first kappa shape index (κ1) is 13.3. The normalized spacial score (nSPS) is 9.82. The molecule has 0 fully saturated rings. The summed E-state index contributed by atoms with van der Waals surface area (Å²) >= 11 is 0. The van der Waals surface area contributed by atoms with Crippen LogP contribution in [0, 0.1) is 6.92 Å². The number of halogens is 1. The number of H-pyrrole nitrogens is 1. The smallest absolute Gasteiger partial charge is 0.345 e. The van der Waals surface area contributed by atoms with Crippen LogP contribution in [0.2, 0.25) is 0 Å². The Morgan fingerprint density at radius 1 is 1.24 bits per heavy atom. The number of benzene rings is 1. The summed E-state index contributed by atoms with van der Waals surface area (Å²) in [6, 6.07) is 3.46. The molecule has 0 aliphatic carbocycles. The van der Waals surface area contributed by atoms with E-state index in [1.807, 2.05) is 0 Å². The lowest BCUT2D eigenvalue weighted by molar-refractivity contribution is 0.358. The molecule has 2 aromatic rings. The molecule has 0 aliphatic heterocycles. The van der Waals surface area contributed by atoms with Crippen LogP contribution >= 0.6 is 12.4 Å². The fourth-order valence-corrected chi connectivity index (χ4v) is 1.73. The molecule has 6 heteroatoms. The van der Waals surface area contributed by atoms with E-state index in [4.69, 9.17) is 9.47 Å². The summed E-state index contributed by atoms with van der Waals surface area (Å²) in [4.78, 5) is 17.7. The van der Waals surface area contributed by atoms with Crippen LogP contribution in [0.4, 0.5) is 0 Å². The molecule has 0 aliphatic rings. The zero-order valence-corrected chi connectivity index (χ0v) is 10.6. The molecule has 92 valence electrons. The van der Waals surface area contributed by atoms with E-state index in [0.717, 1.165) is 5.39 Å². The van der Waals surface area contributed by atoms with Crippen LogP contribution < -0.4 is 15.2 Å². The van der Waals surface area contributed by atoms with Gasteiger partial charge in [-0.1, -0.05) is 0 Å². The molecule has 1 heterocycles. The summed E-state index contributed by atoms with van der Waals surface area (Å²) in [6.07, 6.45) is 0. The third kappa shape index (κ3) is 2.19. The number of nitrogens with zero attached hydrogens (tertiary/aromatic N) is 1. The lowest BCUT2D eigenvalue weighted by Gasteiger charge is -2.11. The van der Waals surface area contributed by atoms with Gasteiger partial charge in [-0.05, 0) is 19.1 Å². The van der Waals surface area contributed by atoms with E-state index in [0.29, 0.717) is 22.7 Å². The van der Waals surface area contributed by atoms with Crippen LogP contribution in [0.3, 0.4) is 0 Å². The van der Waals surface area contributed by atoms with E-state index in [-0.39, 0.29) is 18.1 Å². The monoisotopic (exact) mass is 256 g/mol. The van der Waals surface area contributed by atoms with Crippen LogP contribution in [-0.4, -0.2) is 24.2 Å². The molecule has 0 atom stereocenters. The number of ether oxygens (including phenoxy) is 2. The zero-order valence-electron chi connectivity index (χ0n) is 9.73. The number of aromatic amines is 1. The van der Waals surface area contributed by atoms with Gasteiger partial charge in [0.2, 0.25) is 0 Å².